The van der Waals surface area contributed by atoms with Crippen LogP contribution in [0.5, 0.6) is 11.5 Å². The predicted molar refractivity (Wildman–Crippen MR) is 145 cm³/mol. The van der Waals surface area contributed by atoms with Crippen LogP contribution in [0.3, 0.4) is 0 Å². The molecule has 1 amide bonds. The molecule has 3 aromatic carbocycles. The first kappa shape index (κ1) is 24.5. The van der Waals surface area contributed by atoms with E-state index in [9.17, 15) is 14.7 Å². The summed E-state index contributed by atoms with van der Waals surface area (Å²) in [5.74, 6) is -0.457. The maximum atomic E-state index is 13.5. The molecule has 0 spiro atoms. The number of Topliss-reactive ketones (excluding diaryl/α,β-unsaturated/α-hetero) is 1. The highest BCUT2D eigenvalue weighted by molar-refractivity contribution is 7.22. The molecule has 1 aromatic heterocycles. The van der Waals surface area contributed by atoms with E-state index in [2.05, 4.69) is 0 Å². The van der Waals surface area contributed by atoms with Crippen molar-refractivity contribution >= 4 is 44.1 Å². The number of carbonyl (C=O) groups excluding carboxylic acids is 2. The quantitative estimate of drug-likeness (QED) is 0.204. The Morgan fingerprint density at radius 3 is 2.32 bits per heavy atom. The fourth-order valence-electron chi connectivity index (χ4n) is 4.77. The SMILES string of the molecule is COc1ccc([C@@H]2C(=C(O)c3ccc(OC)c(C)c3)C(=O)C(=O)N2c2nc3c(C)cc(C)cc3s2)cc1. The summed E-state index contributed by atoms with van der Waals surface area (Å²) >= 11 is 1.35. The molecule has 0 bridgehead atoms. The topological polar surface area (TPSA) is 89.0 Å². The second-order valence-corrected chi connectivity index (χ2v) is 10.1. The molecule has 2 heterocycles. The van der Waals surface area contributed by atoms with E-state index in [-0.39, 0.29) is 11.3 Å². The van der Waals surface area contributed by atoms with Gasteiger partial charge in [-0.2, -0.15) is 0 Å². The molecule has 4 aromatic rings. The average molecular weight is 515 g/mol. The van der Waals surface area contributed by atoms with Crippen molar-refractivity contribution in [1.29, 1.82) is 0 Å². The summed E-state index contributed by atoms with van der Waals surface area (Å²) in [6, 6.07) is 15.4. The fourth-order valence-corrected chi connectivity index (χ4v) is 5.94. The number of carbonyl (C=O) groups is 2. The van der Waals surface area contributed by atoms with Gasteiger partial charge in [-0.3, -0.25) is 14.5 Å². The molecular formula is C29H26N2O5S. The van der Waals surface area contributed by atoms with Crippen LogP contribution in [0.4, 0.5) is 5.13 Å². The third-order valence-electron chi connectivity index (χ3n) is 6.57. The summed E-state index contributed by atoms with van der Waals surface area (Å²) in [5.41, 5.74) is 4.73. The number of nitrogens with zero attached hydrogens (tertiary/aromatic N) is 2. The van der Waals surface area contributed by atoms with Gasteiger partial charge in [0.1, 0.15) is 17.3 Å². The highest BCUT2D eigenvalue weighted by atomic mass is 32.1. The van der Waals surface area contributed by atoms with Gasteiger partial charge in [0.05, 0.1) is 36.1 Å². The van der Waals surface area contributed by atoms with Gasteiger partial charge in [0, 0.05) is 5.56 Å². The van der Waals surface area contributed by atoms with Crippen molar-refractivity contribution in [3.05, 3.63) is 88.0 Å². The van der Waals surface area contributed by atoms with Crippen LogP contribution < -0.4 is 14.4 Å². The second-order valence-electron chi connectivity index (χ2n) is 9.05. The number of anilines is 1. The number of aliphatic hydroxyl groups excluding tert-OH is 1. The number of aromatic nitrogens is 1. The molecule has 1 N–H and O–H groups in total. The molecule has 1 aliphatic heterocycles. The number of amides is 1. The first-order valence-corrected chi connectivity index (χ1v) is 12.5. The number of ether oxygens (including phenoxy) is 2. The molecule has 0 radical (unpaired) electrons. The molecule has 1 aliphatic rings. The summed E-state index contributed by atoms with van der Waals surface area (Å²) < 4.78 is 11.6. The van der Waals surface area contributed by atoms with Gasteiger partial charge in [0.15, 0.2) is 5.13 Å². The summed E-state index contributed by atoms with van der Waals surface area (Å²) in [7, 11) is 3.14. The minimum absolute atomic E-state index is 0.00638. The van der Waals surface area contributed by atoms with Crippen LogP contribution in [0, 0.1) is 20.8 Å². The van der Waals surface area contributed by atoms with E-state index in [1.165, 1.54) is 16.2 Å². The number of aliphatic hydroxyl groups is 1. The molecule has 5 rings (SSSR count). The molecule has 37 heavy (non-hydrogen) atoms. The average Bonchev–Trinajstić information content (AvgIpc) is 3.42. The molecule has 1 atom stereocenters. The van der Waals surface area contributed by atoms with E-state index >= 15 is 0 Å². The number of methoxy groups -OCH3 is 2. The number of benzene rings is 3. The van der Waals surface area contributed by atoms with Gasteiger partial charge in [0.25, 0.3) is 5.78 Å². The number of aryl methyl sites for hydroxylation is 3. The summed E-state index contributed by atoms with van der Waals surface area (Å²) in [4.78, 5) is 33.1. The van der Waals surface area contributed by atoms with E-state index in [0.717, 1.165) is 26.9 Å². The van der Waals surface area contributed by atoms with Gasteiger partial charge in [-0.25, -0.2) is 4.98 Å². The second kappa shape index (κ2) is 9.37. The van der Waals surface area contributed by atoms with Crippen molar-refractivity contribution in [3.63, 3.8) is 0 Å². The third-order valence-corrected chi connectivity index (χ3v) is 7.57. The van der Waals surface area contributed by atoms with Gasteiger partial charge >= 0.3 is 5.91 Å². The normalized spacial score (nSPS) is 17.0. The molecule has 0 saturated carbocycles. The lowest BCUT2D eigenvalue weighted by Gasteiger charge is -2.23. The molecule has 8 heteroatoms. The van der Waals surface area contributed by atoms with Crippen LogP contribution in [0.25, 0.3) is 16.0 Å². The molecule has 1 fully saturated rings. The maximum absolute atomic E-state index is 13.5. The molecule has 0 aliphatic carbocycles. The van der Waals surface area contributed by atoms with E-state index in [1.54, 1.807) is 56.7 Å². The van der Waals surface area contributed by atoms with E-state index < -0.39 is 17.7 Å². The van der Waals surface area contributed by atoms with Crippen molar-refractivity contribution in [2.45, 2.75) is 26.8 Å². The largest absolute Gasteiger partial charge is 0.507 e. The Morgan fingerprint density at radius 1 is 0.946 bits per heavy atom. The molecule has 7 nitrogen and oxygen atoms in total. The standard InChI is InChI=1S/C29H26N2O5S/c1-15-12-17(3)24-22(13-15)37-29(30-24)31-25(18-6-9-20(35-4)10-7-18)23(27(33)28(31)34)26(32)19-8-11-21(36-5)16(2)14-19/h6-14,25,32H,1-5H3/t25-/m1/s1. The van der Waals surface area contributed by atoms with E-state index in [1.807, 2.05) is 32.9 Å². The van der Waals surface area contributed by atoms with Crippen molar-refractivity contribution in [3.8, 4) is 11.5 Å². The smallest absolute Gasteiger partial charge is 0.301 e. The zero-order valence-electron chi connectivity index (χ0n) is 21.2. The minimum Gasteiger partial charge on any atom is -0.507 e. The Hall–Kier alpha value is -4.17. The predicted octanol–water partition coefficient (Wildman–Crippen LogP) is 5.87. The van der Waals surface area contributed by atoms with Gasteiger partial charge in [-0.1, -0.05) is 29.5 Å². The number of ketones is 1. The van der Waals surface area contributed by atoms with Gasteiger partial charge in [-0.05, 0) is 79.4 Å². The lowest BCUT2D eigenvalue weighted by Crippen LogP contribution is -2.29. The summed E-state index contributed by atoms with van der Waals surface area (Å²) in [6.07, 6.45) is 0. The number of hydrogen-bond donors (Lipinski definition) is 1. The van der Waals surface area contributed by atoms with Crippen LogP contribution in [0.1, 0.15) is 33.9 Å². The maximum Gasteiger partial charge on any atom is 0.301 e. The van der Waals surface area contributed by atoms with E-state index in [4.69, 9.17) is 14.5 Å². The van der Waals surface area contributed by atoms with Gasteiger partial charge in [-0.15, -0.1) is 0 Å². The van der Waals surface area contributed by atoms with Crippen LogP contribution in [-0.4, -0.2) is 36.0 Å². The lowest BCUT2D eigenvalue weighted by molar-refractivity contribution is -0.132. The van der Waals surface area contributed by atoms with Crippen molar-refractivity contribution in [2.75, 3.05) is 19.1 Å². The first-order chi connectivity index (χ1) is 17.7. The number of rotatable bonds is 5. The van der Waals surface area contributed by atoms with Crippen LogP contribution in [0.15, 0.2) is 60.2 Å². The van der Waals surface area contributed by atoms with E-state index in [0.29, 0.717) is 27.8 Å². The number of thiazole rings is 1. The highest BCUT2D eigenvalue weighted by Crippen LogP contribution is 2.45. The van der Waals surface area contributed by atoms with Crippen molar-refractivity contribution in [1.82, 2.24) is 4.98 Å². The Morgan fingerprint density at radius 2 is 1.68 bits per heavy atom. The van der Waals surface area contributed by atoms with Crippen LogP contribution >= 0.6 is 11.3 Å². The fraction of sp³-hybridized carbons (Fsp3) is 0.207. The Balaban J connectivity index is 1.73. The van der Waals surface area contributed by atoms with Crippen molar-refractivity contribution in [2.24, 2.45) is 0 Å². The molecule has 0 unspecified atom stereocenters. The Labute approximate surface area is 218 Å². The highest BCUT2D eigenvalue weighted by Gasteiger charge is 2.48. The van der Waals surface area contributed by atoms with Crippen LogP contribution in [-0.2, 0) is 9.59 Å². The minimum atomic E-state index is -0.865. The third kappa shape index (κ3) is 4.13. The zero-order valence-corrected chi connectivity index (χ0v) is 22.0. The van der Waals surface area contributed by atoms with Gasteiger partial charge in [0.2, 0.25) is 0 Å². The molecule has 1 saturated heterocycles. The molecule has 188 valence electrons. The number of fused-ring (bicyclic) bond motifs is 1. The summed E-state index contributed by atoms with van der Waals surface area (Å²) in [5, 5.41) is 11.8. The zero-order chi connectivity index (χ0) is 26.4. The number of hydrogen-bond acceptors (Lipinski definition) is 7. The van der Waals surface area contributed by atoms with Crippen LogP contribution in [0.2, 0.25) is 0 Å². The Bertz CT molecular complexity index is 1590. The monoisotopic (exact) mass is 514 g/mol. The lowest BCUT2D eigenvalue weighted by atomic mass is 9.95. The van der Waals surface area contributed by atoms with Crippen molar-refractivity contribution < 1.29 is 24.2 Å². The van der Waals surface area contributed by atoms with Gasteiger partial charge < -0.3 is 14.6 Å². The molecular weight excluding hydrogens is 488 g/mol. The Kier molecular flexibility index (Phi) is 6.21. The summed E-state index contributed by atoms with van der Waals surface area (Å²) in [6.45, 7) is 5.83. The first-order valence-electron chi connectivity index (χ1n) is 11.7.